The number of amides is 1. The van der Waals surface area contributed by atoms with E-state index in [1.807, 2.05) is 18.7 Å². The van der Waals surface area contributed by atoms with E-state index in [2.05, 4.69) is 0 Å². The van der Waals surface area contributed by atoms with Crippen molar-refractivity contribution in [3.63, 3.8) is 0 Å². The molecule has 2 N–H and O–H groups in total. The molecule has 0 aromatic carbocycles. The largest absolute Gasteiger partial charge is 0.381 e. The standard InChI is InChI=1S/C13H24N2O2/c1-9(2)12(14)13(16)15(11-3-4-11)7-10-5-6-17-8-10/h9-12H,3-8,14H2,1-2H3. The fourth-order valence-electron chi connectivity index (χ4n) is 2.29. The average Bonchev–Trinajstić information content (AvgIpc) is 3.01. The van der Waals surface area contributed by atoms with E-state index in [1.165, 1.54) is 0 Å². The topological polar surface area (TPSA) is 55.6 Å². The molecule has 2 aliphatic rings. The van der Waals surface area contributed by atoms with Crippen molar-refractivity contribution >= 4 is 5.91 Å². The molecule has 2 rings (SSSR count). The summed E-state index contributed by atoms with van der Waals surface area (Å²) in [5.41, 5.74) is 5.98. The van der Waals surface area contributed by atoms with E-state index in [9.17, 15) is 4.79 Å². The maximum atomic E-state index is 12.3. The number of hydrogen-bond acceptors (Lipinski definition) is 3. The molecule has 17 heavy (non-hydrogen) atoms. The number of nitrogens with zero attached hydrogens (tertiary/aromatic N) is 1. The third-order valence-corrected chi connectivity index (χ3v) is 3.75. The first-order valence-electron chi connectivity index (χ1n) is 6.73. The minimum absolute atomic E-state index is 0.134. The van der Waals surface area contributed by atoms with E-state index in [0.29, 0.717) is 12.0 Å². The molecule has 1 heterocycles. The third kappa shape index (κ3) is 3.19. The maximum absolute atomic E-state index is 12.3. The molecule has 1 aliphatic heterocycles. The monoisotopic (exact) mass is 240 g/mol. The minimum Gasteiger partial charge on any atom is -0.381 e. The second-order valence-corrected chi connectivity index (χ2v) is 5.72. The van der Waals surface area contributed by atoms with Gasteiger partial charge in [0.25, 0.3) is 0 Å². The van der Waals surface area contributed by atoms with Crippen molar-refractivity contribution in [3.05, 3.63) is 0 Å². The van der Waals surface area contributed by atoms with Crippen LogP contribution in [0, 0.1) is 11.8 Å². The van der Waals surface area contributed by atoms with Gasteiger partial charge in [-0.25, -0.2) is 0 Å². The molecule has 0 aromatic heterocycles. The van der Waals surface area contributed by atoms with Gasteiger partial charge in [-0.15, -0.1) is 0 Å². The summed E-state index contributed by atoms with van der Waals surface area (Å²) in [4.78, 5) is 14.3. The highest BCUT2D eigenvalue weighted by Gasteiger charge is 2.37. The Hall–Kier alpha value is -0.610. The lowest BCUT2D eigenvalue weighted by molar-refractivity contribution is -0.134. The van der Waals surface area contributed by atoms with Crippen molar-refractivity contribution in [2.75, 3.05) is 19.8 Å². The SMILES string of the molecule is CC(C)C(N)C(=O)N(CC1CCOC1)C1CC1. The van der Waals surface area contributed by atoms with E-state index in [-0.39, 0.29) is 17.9 Å². The van der Waals surface area contributed by atoms with Gasteiger partial charge in [-0.05, 0) is 25.2 Å². The molecule has 0 bridgehead atoms. The summed E-state index contributed by atoms with van der Waals surface area (Å²) in [5, 5.41) is 0. The van der Waals surface area contributed by atoms with Crippen molar-refractivity contribution in [2.45, 2.75) is 45.2 Å². The fraction of sp³-hybridized carbons (Fsp3) is 0.923. The summed E-state index contributed by atoms with van der Waals surface area (Å²) in [7, 11) is 0. The average molecular weight is 240 g/mol. The Labute approximate surface area is 103 Å². The van der Waals surface area contributed by atoms with Gasteiger partial charge in [0.1, 0.15) is 0 Å². The van der Waals surface area contributed by atoms with Crippen LogP contribution in [0.15, 0.2) is 0 Å². The van der Waals surface area contributed by atoms with Crippen LogP contribution in [-0.4, -0.2) is 42.6 Å². The molecule has 2 unspecified atom stereocenters. The van der Waals surface area contributed by atoms with Gasteiger partial charge in [-0.1, -0.05) is 13.8 Å². The predicted molar refractivity (Wildman–Crippen MR) is 66.5 cm³/mol. The zero-order chi connectivity index (χ0) is 12.4. The predicted octanol–water partition coefficient (Wildman–Crippen LogP) is 0.997. The van der Waals surface area contributed by atoms with Crippen LogP contribution in [0.4, 0.5) is 0 Å². The molecule has 1 aliphatic carbocycles. The first-order chi connectivity index (χ1) is 8.09. The summed E-state index contributed by atoms with van der Waals surface area (Å²) in [5.74, 6) is 0.858. The van der Waals surface area contributed by atoms with Gasteiger partial charge < -0.3 is 15.4 Å². The summed E-state index contributed by atoms with van der Waals surface area (Å²) >= 11 is 0. The summed E-state index contributed by atoms with van der Waals surface area (Å²) in [6, 6.07) is 0.103. The lowest BCUT2D eigenvalue weighted by Gasteiger charge is -2.29. The third-order valence-electron chi connectivity index (χ3n) is 3.75. The van der Waals surface area contributed by atoms with Gasteiger partial charge in [0.15, 0.2) is 0 Å². The Morgan fingerprint density at radius 3 is 2.59 bits per heavy atom. The van der Waals surface area contributed by atoms with Crippen LogP contribution in [-0.2, 0) is 9.53 Å². The maximum Gasteiger partial charge on any atom is 0.240 e. The van der Waals surface area contributed by atoms with Crippen molar-refractivity contribution in [3.8, 4) is 0 Å². The molecule has 1 saturated heterocycles. The molecule has 1 amide bonds. The minimum atomic E-state index is -0.349. The molecule has 0 aromatic rings. The van der Waals surface area contributed by atoms with Crippen molar-refractivity contribution in [1.29, 1.82) is 0 Å². The number of hydrogen-bond donors (Lipinski definition) is 1. The molecule has 4 heteroatoms. The van der Waals surface area contributed by atoms with Gasteiger partial charge in [0, 0.05) is 25.1 Å². The van der Waals surface area contributed by atoms with Crippen molar-refractivity contribution in [1.82, 2.24) is 4.90 Å². The van der Waals surface area contributed by atoms with Gasteiger partial charge in [0.05, 0.1) is 12.6 Å². The first-order valence-corrected chi connectivity index (χ1v) is 6.73. The quantitative estimate of drug-likeness (QED) is 0.780. The zero-order valence-electron chi connectivity index (χ0n) is 10.9. The van der Waals surface area contributed by atoms with Crippen LogP contribution in [0.1, 0.15) is 33.1 Å². The van der Waals surface area contributed by atoms with Crippen LogP contribution in [0.25, 0.3) is 0 Å². The van der Waals surface area contributed by atoms with E-state index in [0.717, 1.165) is 39.0 Å². The number of carbonyl (C=O) groups excluding carboxylic acids is 1. The second-order valence-electron chi connectivity index (χ2n) is 5.72. The van der Waals surface area contributed by atoms with Crippen LogP contribution in [0.5, 0.6) is 0 Å². The van der Waals surface area contributed by atoms with Crippen molar-refractivity contribution < 1.29 is 9.53 Å². The molecule has 2 fully saturated rings. The molecule has 0 spiro atoms. The Balaban J connectivity index is 1.93. The number of carbonyl (C=O) groups is 1. The second kappa shape index (κ2) is 5.36. The Bertz CT molecular complexity index is 271. The Kier molecular flexibility index (Phi) is 4.05. The molecule has 98 valence electrons. The summed E-state index contributed by atoms with van der Waals surface area (Å²) < 4.78 is 5.38. The van der Waals surface area contributed by atoms with Crippen LogP contribution in [0.3, 0.4) is 0 Å². The van der Waals surface area contributed by atoms with Gasteiger partial charge in [-0.3, -0.25) is 4.79 Å². The molecular formula is C13H24N2O2. The number of rotatable bonds is 5. The van der Waals surface area contributed by atoms with Crippen LogP contribution < -0.4 is 5.73 Å². The summed E-state index contributed by atoms with van der Waals surface area (Å²) in [6.45, 7) is 6.49. The lowest BCUT2D eigenvalue weighted by Crippen LogP contribution is -2.49. The highest BCUT2D eigenvalue weighted by molar-refractivity contribution is 5.82. The van der Waals surface area contributed by atoms with Gasteiger partial charge in [-0.2, -0.15) is 0 Å². The van der Waals surface area contributed by atoms with Crippen LogP contribution in [0.2, 0.25) is 0 Å². The van der Waals surface area contributed by atoms with Gasteiger partial charge in [0.2, 0.25) is 5.91 Å². The Morgan fingerprint density at radius 2 is 2.12 bits per heavy atom. The van der Waals surface area contributed by atoms with E-state index in [1.54, 1.807) is 0 Å². The Morgan fingerprint density at radius 1 is 1.41 bits per heavy atom. The van der Waals surface area contributed by atoms with Crippen LogP contribution >= 0.6 is 0 Å². The molecule has 0 radical (unpaired) electrons. The smallest absolute Gasteiger partial charge is 0.240 e. The van der Waals surface area contributed by atoms with E-state index < -0.39 is 0 Å². The number of nitrogens with two attached hydrogens (primary N) is 1. The van der Waals surface area contributed by atoms with Gasteiger partial charge >= 0.3 is 0 Å². The van der Waals surface area contributed by atoms with Crippen molar-refractivity contribution in [2.24, 2.45) is 17.6 Å². The van der Waals surface area contributed by atoms with E-state index >= 15 is 0 Å². The highest BCUT2D eigenvalue weighted by Crippen LogP contribution is 2.29. The van der Waals surface area contributed by atoms with E-state index in [4.69, 9.17) is 10.5 Å². The highest BCUT2D eigenvalue weighted by atomic mass is 16.5. The lowest BCUT2D eigenvalue weighted by atomic mass is 10.0. The zero-order valence-corrected chi connectivity index (χ0v) is 10.9. The first kappa shape index (κ1) is 12.8. The molecule has 2 atom stereocenters. The normalized spacial score (nSPS) is 26.2. The number of ether oxygens (including phenoxy) is 1. The summed E-state index contributed by atoms with van der Waals surface area (Å²) in [6.07, 6.45) is 3.36. The molecule has 1 saturated carbocycles. The molecule has 4 nitrogen and oxygen atoms in total. The fourth-order valence-corrected chi connectivity index (χ4v) is 2.29. The molecular weight excluding hydrogens is 216 g/mol.